The van der Waals surface area contributed by atoms with Crippen molar-refractivity contribution in [1.29, 1.82) is 0 Å². The van der Waals surface area contributed by atoms with Gasteiger partial charge in [0.2, 0.25) is 6.79 Å². The first-order valence-electron chi connectivity index (χ1n) is 8.79. The summed E-state index contributed by atoms with van der Waals surface area (Å²) in [6.07, 6.45) is 4.10. The molecular formula is C19H21NO6. The Morgan fingerprint density at radius 1 is 1.35 bits per heavy atom. The van der Waals surface area contributed by atoms with E-state index in [1.807, 2.05) is 31.3 Å². The third kappa shape index (κ3) is 1.96. The van der Waals surface area contributed by atoms with E-state index in [9.17, 15) is 9.90 Å². The number of rotatable bonds is 1. The summed E-state index contributed by atoms with van der Waals surface area (Å²) in [4.78, 5) is 13.5. The molecule has 1 aliphatic carbocycles. The zero-order valence-electron chi connectivity index (χ0n) is 14.7. The fraction of sp³-hybridized carbons (Fsp3) is 0.526. The van der Waals surface area contributed by atoms with Crippen LogP contribution in [0.25, 0.3) is 0 Å². The number of carbonyl (C=O) groups excluding carboxylic acids is 1. The number of likely N-dealkylation sites (tertiary alicyclic amines) is 1. The van der Waals surface area contributed by atoms with E-state index in [4.69, 9.17) is 18.9 Å². The zero-order valence-corrected chi connectivity index (χ0v) is 14.7. The van der Waals surface area contributed by atoms with Crippen molar-refractivity contribution in [3.8, 4) is 11.5 Å². The number of β-amino-alcohol motifs (C(OH)–C–C–N with tert-alkyl or cyclic N) is 1. The van der Waals surface area contributed by atoms with Gasteiger partial charge >= 0.3 is 5.97 Å². The Balaban J connectivity index is 1.68. The van der Waals surface area contributed by atoms with Gasteiger partial charge in [-0.05, 0) is 36.4 Å². The average Bonchev–Trinajstić information content (AvgIpc) is 3.13. The van der Waals surface area contributed by atoms with E-state index in [1.165, 1.54) is 6.92 Å². The molecule has 4 atom stereocenters. The van der Waals surface area contributed by atoms with Gasteiger partial charge in [0, 0.05) is 19.4 Å². The molecule has 1 saturated heterocycles. The number of nitrogens with zero attached hydrogens (tertiary/aromatic N) is 1. The van der Waals surface area contributed by atoms with Gasteiger partial charge < -0.3 is 24.1 Å². The molecule has 0 saturated carbocycles. The second-order valence-corrected chi connectivity index (χ2v) is 7.48. The molecule has 1 N–H and O–H groups in total. The number of likely N-dealkylation sites (N-methyl/N-ethyl adjacent to an activating group) is 1. The van der Waals surface area contributed by atoms with E-state index >= 15 is 0 Å². The Morgan fingerprint density at radius 2 is 2.12 bits per heavy atom. The largest absolute Gasteiger partial charge is 0.458 e. The monoisotopic (exact) mass is 359 g/mol. The number of ether oxygens (including phenoxy) is 4. The highest BCUT2D eigenvalue weighted by molar-refractivity contribution is 5.66. The van der Waals surface area contributed by atoms with E-state index in [0.717, 1.165) is 11.1 Å². The van der Waals surface area contributed by atoms with E-state index in [-0.39, 0.29) is 24.9 Å². The zero-order chi connectivity index (χ0) is 18.1. The van der Waals surface area contributed by atoms with Crippen molar-refractivity contribution in [1.82, 2.24) is 4.90 Å². The van der Waals surface area contributed by atoms with E-state index in [2.05, 4.69) is 4.90 Å². The van der Waals surface area contributed by atoms with Gasteiger partial charge in [-0.1, -0.05) is 6.08 Å². The molecule has 138 valence electrons. The third-order valence-corrected chi connectivity index (χ3v) is 6.02. The Morgan fingerprint density at radius 3 is 2.88 bits per heavy atom. The Labute approximate surface area is 151 Å². The van der Waals surface area contributed by atoms with Crippen molar-refractivity contribution in [2.75, 3.05) is 20.4 Å². The lowest BCUT2D eigenvalue weighted by Gasteiger charge is -2.49. The molecule has 4 aliphatic rings. The van der Waals surface area contributed by atoms with Crippen molar-refractivity contribution in [3.63, 3.8) is 0 Å². The van der Waals surface area contributed by atoms with Gasteiger partial charge in [0.1, 0.15) is 6.10 Å². The predicted molar refractivity (Wildman–Crippen MR) is 89.7 cm³/mol. The first kappa shape index (κ1) is 16.1. The molecule has 7 nitrogen and oxygen atoms in total. The van der Waals surface area contributed by atoms with Gasteiger partial charge in [0.05, 0.1) is 18.6 Å². The highest BCUT2D eigenvalue weighted by atomic mass is 16.7. The van der Waals surface area contributed by atoms with E-state index in [1.54, 1.807) is 0 Å². The van der Waals surface area contributed by atoms with Crippen LogP contribution >= 0.6 is 0 Å². The maximum atomic E-state index is 11.4. The quantitative estimate of drug-likeness (QED) is 0.594. The number of benzene rings is 1. The second-order valence-electron chi connectivity index (χ2n) is 7.48. The summed E-state index contributed by atoms with van der Waals surface area (Å²) < 4.78 is 22.4. The van der Waals surface area contributed by atoms with Gasteiger partial charge in [0.25, 0.3) is 0 Å². The second kappa shape index (κ2) is 5.22. The van der Waals surface area contributed by atoms with Crippen molar-refractivity contribution in [2.45, 2.75) is 43.3 Å². The Hall–Kier alpha value is -2.09. The molecule has 1 unspecified atom stereocenters. The fourth-order valence-electron chi connectivity index (χ4n) is 4.98. The molecule has 3 heterocycles. The van der Waals surface area contributed by atoms with Gasteiger partial charge in [-0.15, -0.1) is 0 Å². The summed E-state index contributed by atoms with van der Waals surface area (Å²) in [6.45, 7) is 2.30. The van der Waals surface area contributed by atoms with Gasteiger partial charge in [-0.2, -0.15) is 0 Å². The van der Waals surface area contributed by atoms with Crippen molar-refractivity contribution in [3.05, 3.63) is 35.4 Å². The molecule has 0 bridgehead atoms. The molecule has 1 fully saturated rings. The number of fused-ring (bicyclic) bond motifs is 2. The summed E-state index contributed by atoms with van der Waals surface area (Å²) in [5, 5.41) is 11.4. The van der Waals surface area contributed by atoms with Crippen LogP contribution in [0.5, 0.6) is 11.5 Å². The van der Waals surface area contributed by atoms with Crippen LogP contribution in [0.2, 0.25) is 0 Å². The van der Waals surface area contributed by atoms with Crippen LogP contribution in [-0.4, -0.2) is 54.3 Å². The maximum absolute atomic E-state index is 11.4. The lowest BCUT2D eigenvalue weighted by molar-refractivity contribution is -0.236. The Bertz CT molecular complexity index is 822. The molecule has 0 amide bonds. The molecule has 1 aromatic rings. The minimum absolute atomic E-state index is 0.0683. The summed E-state index contributed by atoms with van der Waals surface area (Å²) in [7, 11) is 1.96. The van der Waals surface area contributed by atoms with Crippen molar-refractivity contribution in [2.24, 2.45) is 0 Å². The summed E-state index contributed by atoms with van der Waals surface area (Å²) in [5.41, 5.74) is 1.23. The Kier molecular flexibility index (Phi) is 3.23. The predicted octanol–water partition coefficient (Wildman–Crippen LogP) is 1.08. The van der Waals surface area contributed by atoms with Crippen LogP contribution in [0.4, 0.5) is 0 Å². The normalized spacial score (nSPS) is 37.0. The first-order valence-corrected chi connectivity index (χ1v) is 8.79. The number of esters is 1. The minimum Gasteiger partial charge on any atom is -0.458 e. The van der Waals surface area contributed by atoms with Gasteiger partial charge in [0.15, 0.2) is 17.3 Å². The highest BCUT2D eigenvalue weighted by Crippen LogP contribution is 2.56. The maximum Gasteiger partial charge on any atom is 0.303 e. The molecule has 7 heteroatoms. The summed E-state index contributed by atoms with van der Waals surface area (Å²) in [6, 6.07) is 3.84. The smallest absolute Gasteiger partial charge is 0.303 e. The molecule has 1 aromatic carbocycles. The van der Waals surface area contributed by atoms with Crippen LogP contribution < -0.4 is 9.47 Å². The SMILES string of the molecule is CC(=O)OC1C=C[C@@]23c4cc5c(cc4CO[C@]2(O)CN(C)[C@H]3C1)OCO5. The molecule has 1 spiro atoms. The average molecular weight is 359 g/mol. The van der Waals surface area contributed by atoms with Crippen molar-refractivity contribution >= 4 is 5.97 Å². The van der Waals surface area contributed by atoms with Crippen LogP contribution in [0.15, 0.2) is 24.3 Å². The summed E-state index contributed by atoms with van der Waals surface area (Å²) in [5.74, 6) is -0.263. The number of hydrogen-bond acceptors (Lipinski definition) is 7. The number of carbonyl (C=O) groups is 1. The summed E-state index contributed by atoms with van der Waals surface area (Å²) >= 11 is 0. The van der Waals surface area contributed by atoms with Crippen LogP contribution in [0.3, 0.4) is 0 Å². The van der Waals surface area contributed by atoms with Crippen LogP contribution in [-0.2, 0) is 26.3 Å². The lowest BCUT2D eigenvalue weighted by Crippen LogP contribution is -2.59. The van der Waals surface area contributed by atoms with Crippen LogP contribution in [0, 0.1) is 0 Å². The van der Waals surface area contributed by atoms with Crippen LogP contribution in [0.1, 0.15) is 24.5 Å². The van der Waals surface area contributed by atoms with E-state index in [0.29, 0.717) is 31.1 Å². The van der Waals surface area contributed by atoms with Gasteiger partial charge in [-0.3, -0.25) is 9.69 Å². The molecule has 0 radical (unpaired) electrons. The standard InChI is InChI=1S/C19H21NO6/c1-11(21)26-13-3-4-18-14-7-16-15(23-10-24-16)5-12(14)8-25-19(18,22)9-20(2)17(18)6-13/h3-5,7,13,17,22H,6,8-10H2,1-2H3/t13?,17-,18-,19+/m0/s1. The number of hydrogen-bond donors (Lipinski definition) is 1. The first-order chi connectivity index (χ1) is 12.4. The molecular weight excluding hydrogens is 338 g/mol. The van der Waals surface area contributed by atoms with E-state index < -0.39 is 11.2 Å². The lowest BCUT2D eigenvalue weighted by atomic mass is 9.64. The minimum atomic E-state index is -1.34. The molecule has 26 heavy (non-hydrogen) atoms. The molecule has 3 aliphatic heterocycles. The fourth-order valence-corrected chi connectivity index (χ4v) is 4.98. The topological polar surface area (TPSA) is 77.5 Å². The molecule has 0 aromatic heterocycles. The van der Waals surface area contributed by atoms with Crippen molar-refractivity contribution < 1.29 is 28.8 Å². The van der Waals surface area contributed by atoms with Gasteiger partial charge in [-0.25, -0.2) is 0 Å². The highest BCUT2D eigenvalue weighted by Gasteiger charge is 2.66. The number of aliphatic hydroxyl groups is 1. The molecule has 5 rings (SSSR count). The third-order valence-electron chi connectivity index (χ3n) is 6.02.